The van der Waals surface area contributed by atoms with Crippen molar-refractivity contribution in [1.82, 2.24) is 5.32 Å². The Morgan fingerprint density at radius 3 is 2.75 bits per heavy atom. The van der Waals surface area contributed by atoms with Gasteiger partial charge in [0.1, 0.15) is 0 Å². The highest BCUT2D eigenvalue weighted by Gasteiger charge is 2.24. The van der Waals surface area contributed by atoms with Gasteiger partial charge in [-0.1, -0.05) is 13.8 Å². The van der Waals surface area contributed by atoms with Crippen molar-refractivity contribution in [2.24, 2.45) is 10.9 Å². The fourth-order valence-electron chi connectivity index (χ4n) is 1.78. The minimum Gasteiger partial charge on any atom is -0.377 e. The van der Waals surface area contributed by atoms with Crippen LogP contribution in [0.4, 0.5) is 0 Å². The van der Waals surface area contributed by atoms with E-state index in [2.05, 4.69) is 38.0 Å². The SMILES string of the molecule is CC1=CN=CC(C)(CC(C)C)N1. The summed E-state index contributed by atoms with van der Waals surface area (Å²) in [6, 6.07) is 0. The van der Waals surface area contributed by atoms with E-state index < -0.39 is 0 Å². The molecule has 0 fully saturated rings. The van der Waals surface area contributed by atoms with Crippen LogP contribution in [0.25, 0.3) is 0 Å². The summed E-state index contributed by atoms with van der Waals surface area (Å²) in [4.78, 5) is 4.21. The minimum absolute atomic E-state index is 0.0625. The van der Waals surface area contributed by atoms with Crippen LogP contribution >= 0.6 is 0 Å². The second-order valence-electron chi connectivity index (χ2n) is 4.23. The predicted molar refractivity (Wildman–Crippen MR) is 53.2 cm³/mol. The molecule has 1 unspecified atom stereocenters. The zero-order valence-electron chi connectivity index (χ0n) is 8.39. The summed E-state index contributed by atoms with van der Waals surface area (Å²) in [5.74, 6) is 0.694. The van der Waals surface area contributed by atoms with Crippen molar-refractivity contribution in [2.75, 3.05) is 0 Å². The number of hydrogen-bond donors (Lipinski definition) is 1. The highest BCUT2D eigenvalue weighted by Crippen LogP contribution is 2.18. The van der Waals surface area contributed by atoms with E-state index in [1.54, 1.807) is 0 Å². The number of hydrogen-bond acceptors (Lipinski definition) is 2. The van der Waals surface area contributed by atoms with Crippen LogP contribution in [-0.4, -0.2) is 11.8 Å². The van der Waals surface area contributed by atoms with Crippen molar-refractivity contribution in [1.29, 1.82) is 0 Å². The lowest BCUT2D eigenvalue weighted by Crippen LogP contribution is -2.45. The fourth-order valence-corrected chi connectivity index (χ4v) is 1.78. The Morgan fingerprint density at radius 1 is 1.58 bits per heavy atom. The van der Waals surface area contributed by atoms with Gasteiger partial charge in [-0.25, -0.2) is 0 Å². The maximum atomic E-state index is 4.21. The molecule has 0 bridgehead atoms. The Bertz CT molecular complexity index is 216. The highest BCUT2D eigenvalue weighted by molar-refractivity contribution is 5.72. The predicted octanol–water partition coefficient (Wildman–Crippen LogP) is 2.33. The fraction of sp³-hybridized carbons (Fsp3) is 0.700. The molecule has 1 atom stereocenters. The van der Waals surface area contributed by atoms with Gasteiger partial charge >= 0.3 is 0 Å². The Hall–Kier alpha value is -0.790. The van der Waals surface area contributed by atoms with E-state index in [-0.39, 0.29) is 5.54 Å². The third-order valence-corrected chi connectivity index (χ3v) is 1.94. The van der Waals surface area contributed by atoms with Gasteiger partial charge in [0, 0.05) is 18.1 Å². The third kappa shape index (κ3) is 2.36. The molecule has 0 saturated carbocycles. The van der Waals surface area contributed by atoms with Crippen LogP contribution in [0.2, 0.25) is 0 Å². The molecule has 1 heterocycles. The van der Waals surface area contributed by atoms with E-state index in [0.717, 1.165) is 12.1 Å². The first-order valence-corrected chi connectivity index (χ1v) is 4.51. The molecule has 1 aliphatic rings. The average Bonchev–Trinajstić information content (AvgIpc) is 1.82. The van der Waals surface area contributed by atoms with Gasteiger partial charge in [0.2, 0.25) is 0 Å². The van der Waals surface area contributed by atoms with E-state index >= 15 is 0 Å². The first kappa shape index (κ1) is 9.30. The molecule has 0 aromatic heterocycles. The van der Waals surface area contributed by atoms with Gasteiger partial charge < -0.3 is 5.32 Å². The summed E-state index contributed by atoms with van der Waals surface area (Å²) < 4.78 is 0. The van der Waals surface area contributed by atoms with Gasteiger partial charge in [-0.2, -0.15) is 0 Å². The summed E-state index contributed by atoms with van der Waals surface area (Å²) in [6.07, 6.45) is 4.99. The normalized spacial score (nSPS) is 28.6. The van der Waals surface area contributed by atoms with Crippen LogP contribution in [0, 0.1) is 5.92 Å². The molecule has 2 nitrogen and oxygen atoms in total. The van der Waals surface area contributed by atoms with Gasteiger partial charge in [0.15, 0.2) is 0 Å². The summed E-state index contributed by atoms with van der Waals surface area (Å²) >= 11 is 0. The Labute approximate surface area is 74.8 Å². The Balaban J connectivity index is 2.63. The lowest BCUT2D eigenvalue weighted by molar-refractivity contribution is 0.409. The van der Waals surface area contributed by atoms with Gasteiger partial charge in [-0.15, -0.1) is 0 Å². The molecule has 0 radical (unpaired) electrons. The van der Waals surface area contributed by atoms with Crippen molar-refractivity contribution < 1.29 is 0 Å². The van der Waals surface area contributed by atoms with E-state index in [9.17, 15) is 0 Å². The van der Waals surface area contributed by atoms with Gasteiger partial charge in [0.05, 0.1) is 5.54 Å². The topological polar surface area (TPSA) is 24.4 Å². The summed E-state index contributed by atoms with van der Waals surface area (Å²) in [5, 5.41) is 3.44. The van der Waals surface area contributed by atoms with Crippen molar-refractivity contribution in [3.63, 3.8) is 0 Å². The van der Waals surface area contributed by atoms with E-state index in [0.29, 0.717) is 5.92 Å². The number of nitrogens with one attached hydrogen (secondary N) is 1. The molecule has 0 aliphatic carbocycles. The van der Waals surface area contributed by atoms with E-state index in [1.807, 2.05) is 12.4 Å². The molecule has 68 valence electrons. The van der Waals surface area contributed by atoms with Gasteiger partial charge in [-0.3, -0.25) is 4.99 Å². The first-order chi connectivity index (χ1) is 5.52. The number of nitrogens with zero attached hydrogens (tertiary/aromatic N) is 1. The maximum absolute atomic E-state index is 4.21. The molecule has 0 spiro atoms. The summed E-state index contributed by atoms with van der Waals surface area (Å²) in [7, 11) is 0. The highest BCUT2D eigenvalue weighted by atomic mass is 15.0. The molecule has 1 aliphatic heterocycles. The largest absolute Gasteiger partial charge is 0.377 e. The monoisotopic (exact) mass is 166 g/mol. The molecule has 1 rings (SSSR count). The zero-order chi connectivity index (χ0) is 9.19. The third-order valence-electron chi connectivity index (χ3n) is 1.94. The minimum atomic E-state index is 0.0625. The zero-order valence-corrected chi connectivity index (χ0v) is 8.39. The molecule has 0 aromatic carbocycles. The summed E-state index contributed by atoms with van der Waals surface area (Å²) in [6.45, 7) is 8.70. The van der Waals surface area contributed by atoms with Gasteiger partial charge in [0.25, 0.3) is 0 Å². The second-order valence-corrected chi connectivity index (χ2v) is 4.23. The lowest BCUT2D eigenvalue weighted by Gasteiger charge is -2.31. The Morgan fingerprint density at radius 2 is 2.25 bits per heavy atom. The van der Waals surface area contributed by atoms with Crippen molar-refractivity contribution in [3.05, 3.63) is 11.9 Å². The van der Waals surface area contributed by atoms with Crippen LogP contribution < -0.4 is 5.32 Å². The van der Waals surface area contributed by atoms with Crippen LogP contribution in [0.15, 0.2) is 16.9 Å². The average molecular weight is 166 g/mol. The second kappa shape index (κ2) is 3.30. The molecule has 2 heteroatoms. The molecular weight excluding hydrogens is 148 g/mol. The number of allylic oxidation sites excluding steroid dienone is 1. The number of rotatable bonds is 2. The lowest BCUT2D eigenvalue weighted by atomic mass is 9.91. The van der Waals surface area contributed by atoms with Crippen molar-refractivity contribution in [3.8, 4) is 0 Å². The van der Waals surface area contributed by atoms with Crippen LogP contribution in [-0.2, 0) is 0 Å². The van der Waals surface area contributed by atoms with Crippen LogP contribution in [0.5, 0.6) is 0 Å². The van der Waals surface area contributed by atoms with Crippen molar-refractivity contribution >= 4 is 6.21 Å². The Kier molecular flexibility index (Phi) is 2.55. The molecular formula is C10H18N2. The van der Waals surface area contributed by atoms with Crippen molar-refractivity contribution in [2.45, 2.75) is 39.7 Å². The quantitative estimate of drug-likeness (QED) is 0.669. The molecule has 0 amide bonds. The molecule has 1 N–H and O–H groups in total. The molecule has 0 aromatic rings. The smallest absolute Gasteiger partial charge is 0.0698 e. The van der Waals surface area contributed by atoms with Crippen LogP contribution in [0.1, 0.15) is 34.1 Å². The maximum Gasteiger partial charge on any atom is 0.0698 e. The standard InChI is InChI=1S/C10H18N2/c1-8(2)5-10(4)7-11-6-9(3)12-10/h6-8,12H,5H2,1-4H3. The van der Waals surface area contributed by atoms with Crippen LogP contribution in [0.3, 0.4) is 0 Å². The molecule has 12 heavy (non-hydrogen) atoms. The first-order valence-electron chi connectivity index (χ1n) is 4.51. The van der Waals surface area contributed by atoms with Gasteiger partial charge in [-0.05, 0) is 26.2 Å². The van der Waals surface area contributed by atoms with E-state index in [4.69, 9.17) is 0 Å². The number of aliphatic imine (C=N–C) groups is 1. The molecule has 0 saturated heterocycles. The summed E-state index contributed by atoms with van der Waals surface area (Å²) in [5.41, 5.74) is 1.22. The van der Waals surface area contributed by atoms with E-state index in [1.165, 1.54) is 0 Å².